The summed E-state index contributed by atoms with van der Waals surface area (Å²) in [5.74, 6) is -2.67. The zero-order valence-electron chi connectivity index (χ0n) is 26.1. The molecule has 6 atom stereocenters. The molecule has 2 unspecified atom stereocenters. The maximum atomic E-state index is 13.6. The lowest BCUT2D eigenvalue weighted by atomic mass is 9.93. The lowest BCUT2D eigenvalue weighted by Crippen LogP contribution is -2.58. The van der Waals surface area contributed by atoms with Crippen molar-refractivity contribution in [2.45, 2.75) is 111 Å². The number of nitrogens with two attached hydrogens (primary N) is 1. The minimum atomic E-state index is -1.25. The van der Waals surface area contributed by atoms with E-state index in [1.54, 1.807) is 0 Å². The molecule has 0 radical (unpaired) electrons. The van der Waals surface area contributed by atoms with Gasteiger partial charge in [0.2, 0.25) is 29.5 Å². The molecule has 0 fully saturated rings. The summed E-state index contributed by atoms with van der Waals surface area (Å²) in [5, 5.41) is 21.9. The van der Waals surface area contributed by atoms with Gasteiger partial charge in [0.05, 0.1) is 18.6 Å². The van der Waals surface area contributed by atoms with Gasteiger partial charge in [0, 0.05) is 13.3 Å². The Morgan fingerprint density at radius 3 is 1.90 bits per heavy atom. The third kappa shape index (κ3) is 13.5. The number of primary amides is 1. The fraction of sp³-hybridized carbons (Fsp3) is 0.645. The predicted molar refractivity (Wildman–Crippen MR) is 162 cm³/mol. The average Bonchev–Trinajstić information content (AvgIpc) is 2.89. The van der Waals surface area contributed by atoms with Crippen molar-refractivity contribution in [3.8, 4) is 0 Å². The number of amides is 5. The molecule has 11 nitrogen and oxygen atoms in total. The summed E-state index contributed by atoms with van der Waals surface area (Å²) in [6, 6.07) is 5.74. The number of hydrogen-bond donors (Lipinski definition) is 6. The molecule has 0 bridgehead atoms. The number of carbonyl (C=O) groups is 5. The first-order chi connectivity index (χ1) is 19.6. The second-order valence-corrected chi connectivity index (χ2v) is 12.0. The Morgan fingerprint density at radius 1 is 0.810 bits per heavy atom. The summed E-state index contributed by atoms with van der Waals surface area (Å²) in [7, 11) is 0. The van der Waals surface area contributed by atoms with Crippen LogP contribution in [0.25, 0.3) is 0 Å². The highest BCUT2D eigenvalue weighted by Gasteiger charge is 2.33. The maximum absolute atomic E-state index is 13.6. The van der Waals surface area contributed by atoms with Crippen molar-refractivity contribution in [3.63, 3.8) is 0 Å². The first kappa shape index (κ1) is 36.6. The van der Waals surface area contributed by atoms with E-state index in [2.05, 4.69) is 21.3 Å². The molecule has 0 aliphatic rings. The molecule has 0 saturated heterocycles. The van der Waals surface area contributed by atoms with E-state index in [-0.39, 0.29) is 36.5 Å². The molecule has 0 aromatic heterocycles. The highest BCUT2D eigenvalue weighted by molar-refractivity contribution is 5.92. The number of rotatable bonds is 18. The van der Waals surface area contributed by atoms with Crippen molar-refractivity contribution in [2.75, 3.05) is 0 Å². The van der Waals surface area contributed by atoms with E-state index in [0.29, 0.717) is 19.3 Å². The molecule has 0 aliphatic carbocycles. The van der Waals surface area contributed by atoms with Crippen LogP contribution in [0.4, 0.5) is 0 Å². The van der Waals surface area contributed by atoms with Crippen LogP contribution in [0.15, 0.2) is 30.3 Å². The van der Waals surface area contributed by atoms with Gasteiger partial charge in [-0.2, -0.15) is 0 Å². The smallest absolute Gasteiger partial charge is 0.243 e. The van der Waals surface area contributed by atoms with E-state index in [1.807, 2.05) is 71.9 Å². The van der Waals surface area contributed by atoms with Gasteiger partial charge >= 0.3 is 0 Å². The van der Waals surface area contributed by atoms with Crippen molar-refractivity contribution in [3.05, 3.63) is 35.9 Å². The van der Waals surface area contributed by atoms with Crippen LogP contribution in [0.3, 0.4) is 0 Å². The van der Waals surface area contributed by atoms with Crippen LogP contribution >= 0.6 is 0 Å². The minimum absolute atomic E-state index is 0.0685. The second kappa shape index (κ2) is 18.1. The van der Waals surface area contributed by atoms with E-state index < -0.39 is 53.9 Å². The molecule has 1 aromatic rings. The summed E-state index contributed by atoms with van der Waals surface area (Å²) in [4.78, 5) is 63.3. The molecule has 1 aromatic carbocycles. The van der Waals surface area contributed by atoms with Gasteiger partial charge < -0.3 is 32.1 Å². The number of aliphatic hydroxyl groups excluding tert-OH is 1. The van der Waals surface area contributed by atoms with Crippen LogP contribution in [0.5, 0.6) is 0 Å². The van der Waals surface area contributed by atoms with Gasteiger partial charge in [-0.05, 0) is 36.2 Å². The summed E-state index contributed by atoms with van der Waals surface area (Å²) in [6.45, 7) is 12.7. The molecule has 11 heteroatoms. The van der Waals surface area contributed by atoms with E-state index >= 15 is 0 Å². The Bertz CT molecular complexity index is 1030. The summed E-state index contributed by atoms with van der Waals surface area (Å²) in [6.07, 6.45) is -0.0393. The third-order valence-corrected chi connectivity index (χ3v) is 7.07. The quantitative estimate of drug-likeness (QED) is 0.151. The number of nitrogens with one attached hydrogen (secondary N) is 4. The molecule has 0 heterocycles. The Labute approximate surface area is 250 Å². The van der Waals surface area contributed by atoms with Crippen LogP contribution < -0.4 is 27.0 Å². The zero-order valence-corrected chi connectivity index (χ0v) is 26.1. The maximum Gasteiger partial charge on any atom is 0.243 e. The van der Waals surface area contributed by atoms with Crippen molar-refractivity contribution in [2.24, 2.45) is 23.5 Å². The Balaban J connectivity index is 3.07. The Morgan fingerprint density at radius 2 is 1.40 bits per heavy atom. The number of benzene rings is 1. The third-order valence-electron chi connectivity index (χ3n) is 7.07. The van der Waals surface area contributed by atoms with E-state index in [1.165, 1.54) is 6.92 Å². The zero-order chi connectivity index (χ0) is 32.0. The molecule has 7 N–H and O–H groups in total. The molecule has 42 heavy (non-hydrogen) atoms. The van der Waals surface area contributed by atoms with Crippen molar-refractivity contribution < 1.29 is 29.1 Å². The molecular weight excluding hydrogens is 538 g/mol. The van der Waals surface area contributed by atoms with Crippen LogP contribution in [-0.2, 0) is 30.4 Å². The first-order valence-corrected chi connectivity index (χ1v) is 14.8. The van der Waals surface area contributed by atoms with Crippen molar-refractivity contribution >= 4 is 29.5 Å². The molecule has 0 spiro atoms. The normalized spacial score (nSPS) is 15.6. The lowest BCUT2D eigenvalue weighted by Gasteiger charge is -2.31. The van der Waals surface area contributed by atoms with Crippen molar-refractivity contribution in [1.82, 2.24) is 21.3 Å². The molecule has 1 rings (SSSR count). The highest BCUT2D eigenvalue weighted by atomic mass is 16.3. The Kier molecular flexibility index (Phi) is 15.8. The monoisotopic (exact) mass is 589 g/mol. The molecule has 5 amide bonds. The number of aliphatic hydroxyl groups is 1. The Hall–Kier alpha value is -3.47. The second-order valence-electron chi connectivity index (χ2n) is 12.0. The fourth-order valence-electron chi connectivity index (χ4n) is 4.66. The van der Waals surface area contributed by atoms with Crippen molar-refractivity contribution in [1.29, 1.82) is 0 Å². The van der Waals surface area contributed by atoms with Gasteiger partial charge in [0.15, 0.2) is 0 Å². The molecular formula is C31H51N5O6. The summed E-state index contributed by atoms with van der Waals surface area (Å²) in [5.41, 5.74) is 6.28. The summed E-state index contributed by atoms with van der Waals surface area (Å²) < 4.78 is 0. The van der Waals surface area contributed by atoms with Gasteiger partial charge in [-0.3, -0.25) is 24.0 Å². The van der Waals surface area contributed by atoms with Crippen LogP contribution in [0.1, 0.15) is 79.7 Å². The lowest BCUT2D eigenvalue weighted by molar-refractivity contribution is -0.134. The van der Waals surface area contributed by atoms with Crippen LogP contribution in [0.2, 0.25) is 0 Å². The standard InChI is InChI=1S/C31H51N5O6/c1-8-20(6)28(36-30(41)25(33-21(7)37)16-22-12-10-9-11-13-22)31(42)35-23(14-18(2)3)26(38)17-27(39)34-24(29(32)40)15-19(4)5/h9-13,18-20,23-26,28,38H,8,14-17H2,1-7H3,(H2,32,40)(H,33,37)(H,34,39)(H,35,42)(H,36,41)/t20-,23?,24-,25-,26?,28-/m0/s1. The van der Waals surface area contributed by atoms with Gasteiger partial charge in [-0.15, -0.1) is 0 Å². The van der Waals surface area contributed by atoms with Gasteiger partial charge in [-0.25, -0.2) is 0 Å². The molecule has 0 saturated carbocycles. The molecule has 236 valence electrons. The SMILES string of the molecule is CC[C@H](C)[C@H](NC(=O)[C@H](Cc1ccccc1)NC(C)=O)C(=O)NC(CC(C)C)C(O)CC(=O)N[C@@H](CC(C)C)C(N)=O. The van der Waals surface area contributed by atoms with Gasteiger partial charge in [0.1, 0.15) is 18.1 Å². The highest BCUT2D eigenvalue weighted by Crippen LogP contribution is 2.15. The van der Waals surface area contributed by atoms with Gasteiger partial charge in [-0.1, -0.05) is 78.3 Å². The number of hydrogen-bond acceptors (Lipinski definition) is 6. The summed E-state index contributed by atoms with van der Waals surface area (Å²) >= 11 is 0. The minimum Gasteiger partial charge on any atom is -0.390 e. The topological polar surface area (TPSA) is 180 Å². The largest absolute Gasteiger partial charge is 0.390 e. The van der Waals surface area contributed by atoms with Crippen LogP contribution in [0, 0.1) is 17.8 Å². The molecule has 0 aliphatic heterocycles. The van der Waals surface area contributed by atoms with E-state index in [0.717, 1.165) is 5.56 Å². The number of carbonyl (C=O) groups excluding carboxylic acids is 5. The average molecular weight is 590 g/mol. The van der Waals surface area contributed by atoms with E-state index in [9.17, 15) is 29.1 Å². The first-order valence-electron chi connectivity index (χ1n) is 14.8. The van der Waals surface area contributed by atoms with E-state index in [4.69, 9.17) is 5.73 Å². The fourth-order valence-corrected chi connectivity index (χ4v) is 4.66. The van der Waals surface area contributed by atoms with Gasteiger partial charge in [0.25, 0.3) is 0 Å². The van der Waals surface area contributed by atoms with Crippen LogP contribution in [-0.4, -0.2) is 64.9 Å². The predicted octanol–water partition coefficient (Wildman–Crippen LogP) is 1.56.